The highest BCUT2D eigenvalue weighted by Crippen LogP contribution is 2.29. The molecule has 0 bridgehead atoms. The van der Waals surface area contributed by atoms with Gasteiger partial charge >= 0.3 is 0 Å². The van der Waals surface area contributed by atoms with Gasteiger partial charge in [-0.25, -0.2) is 15.0 Å². The van der Waals surface area contributed by atoms with E-state index in [-0.39, 0.29) is 18.0 Å². The summed E-state index contributed by atoms with van der Waals surface area (Å²) < 4.78 is 0. The van der Waals surface area contributed by atoms with Crippen molar-refractivity contribution in [3.05, 3.63) is 52.9 Å². The Morgan fingerprint density at radius 1 is 1.33 bits per heavy atom. The van der Waals surface area contributed by atoms with Crippen molar-refractivity contribution in [2.24, 2.45) is 15.8 Å². The number of amides is 1. The molecule has 0 saturated carbocycles. The maximum atomic E-state index is 13.5. The molecule has 2 aromatic heterocycles. The van der Waals surface area contributed by atoms with Crippen LogP contribution < -0.4 is 5.73 Å². The number of piperidine rings is 1. The number of hydrogen-bond donors (Lipinski definition) is 1. The minimum absolute atomic E-state index is 0.0508. The van der Waals surface area contributed by atoms with Crippen LogP contribution >= 0.6 is 11.3 Å². The number of rotatable bonds is 3. The summed E-state index contributed by atoms with van der Waals surface area (Å²) in [6, 6.07) is 5.96. The quantitative estimate of drug-likeness (QED) is 0.705. The first-order valence-corrected chi connectivity index (χ1v) is 12.3. The number of aromatic nitrogens is 1. The monoisotopic (exact) mass is 463 g/mol. The Balaban J connectivity index is 1.45. The van der Waals surface area contributed by atoms with E-state index in [2.05, 4.69) is 27.8 Å². The molecule has 8 nitrogen and oxygen atoms in total. The Labute approximate surface area is 197 Å². The third-order valence-electron chi connectivity index (χ3n) is 6.46. The lowest BCUT2D eigenvalue weighted by atomic mass is 10.0. The second kappa shape index (κ2) is 9.07. The topological polar surface area (TPSA) is 90.4 Å². The van der Waals surface area contributed by atoms with E-state index in [0.29, 0.717) is 5.82 Å². The number of likely N-dealkylation sites (tertiary alicyclic amines) is 2. The smallest absolute Gasteiger partial charge is 0.264 e. The van der Waals surface area contributed by atoms with Gasteiger partial charge in [-0.05, 0) is 50.8 Å². The predicted molar refractivity (Wildman–Crippen MR) is 133 cm³/mol. The molecular weight excluding hydrogens is 434 g/mol. The molecule has 2 atom stereocenters. The third kappa shape index (κ3) is 4.30. The summed E-state index contributed by atoms with van der Waals surface area (Å²) in [7, 11) is 0. The number of thiophene rings is 1. The molecule has 3 aliphatic heterocycles. The number of pyridine rings is 1. The van der Waals surface area contributed by atoms with Crippen LogP contribution in [-0.4, -0.2) is 70.0 Å². The van der Waals surface area contributed by atoms with Gasteiger partial charge in [0.2, 0.25) is 0 Å². The lowest BCUT2D eigenvalue weighted by Crippen LogP contribution is -2.43. The number of carbonyl (C=O) groups is 1. The van der Waals surface area contributed by atoms with Crippen LogP contribution in [0.1, 0.15) is 42.3 Å². The second-order valence-electron chi connectivity index (χ2n) is 8.82. The van der Waals surface area contributed by atoms with Crippen molar-refractivity contribution < 1.29 is 4.79 Å². The third-order valence-corrected chi connectivity index (χ3v) is 7.50. The van der Waals surface area contributed by atoms with Crippen molar-refractivity contribution in [2.75, 3.05) is 19.6 Å². The van der Waals surface area contributed by atoms with E-state index in [1.807, 2.05) is 36.2 Å². The van der Waals surface area contributed by atoms with Crippen molar-refractivity contribution in [3.63, 3.8) is 0 Å². The Morgan fingerprint density at radius 2 is 2.21 bits per heavy atom. The molecule has 172 valence electrons. The van der Waals surface area contributed by atoms with Crippen molar-refractivity contribution in [2.45, 2.75) is 44.7 Å². The van der Waals surface area contributed by atoms with Crippen LogP contribution in [0.15, 0.2) is 58.2 Å². The van der Waals surface area contributed by atoms with E-state index < -0.39 is 0 Å². The van der Waals surface area contributed by atoms with Gasteiger partial charge in [-0.2, -0.15) is 5.10 Å². The molecule has 2 N–H and O–H groups in total. The van der Waals surface area contributed by atoms with Gasteiger partial charge in [0.05, 0.1) is 10.9 Å². The minimum Gasteiger partial charge on any atom is -0.355 e. The molecule has 5 heterocycles. The fourth-order valence-electron chi connectivity index (χ4n) is 4.76. The summed E-state index contributed by atoms with van der Waals surface area (Å²) in [5.41, 5.74) is 7.16. The van der Waals surface area contributed by atoms with Gasteiger partial charge in [-0.1, -0.05) is 6.07 Å². The van der Waals surface area contributed by atoms with Crippen LogP contribution in [0.2, 0.25) is 0 Å². The molecule has 0 radical (unpaired) electrons. The number of fused-ring (bicyclic) bond motifs is 1. The summed E-state index contributed by atoms with van der Waals surface area (Å²) >= 11 is 1.45. The standard InChI is InChI=1S/C24H29N7OS/c1-16-14-31(26-2)21(28-22(16)29-11-8-18(25)15-29)13-19-7-3-4-10-30(19)24(32)20-12-17-6-5-9-27-23(17)33-20/h5-6,9,12-14,18-19H,2-4,7-8,10-11,15,25H2,1H3/b21-13-/t18-,19?/m0/s1. The van der Waals surface area contributed by atoms with Crippen molar-refractivity contribution in [1.29, 1.82) is 0 Å². The summed E-state index contributed by atoms with van der Waals surface area (Å²) in [5.74, 6) is 1.68. The molecular formula is C24H29N7OS. The fourth-order valence-corrected chi connectivity index (χ4v) is 5.71. The van der Waals surface area contributed by atoms with Crippen LogP contribution in [0, 0.1) is 0 Å². The van der Waals surface area contributed by atoms with Crippen molar-refractivity contribution in [1.82, 2.24) is 19.8 Å². The van der Waals surface area contributed by atoms with Gasteiger partial charge in [-0.3, -0.25) is 4.79 Å². The normalized spacial score (nSPS) is 24.9. The van der Waals surface area contributed by atoms with Gasteiger partial charge in [0.15, 0.2) is 5.82 Å². The van der Waals surface area contributed by atoms with Crippen LogP contribution in [0.25, 0.3) is 10.2 Å². The molecule has 33 heavy (non-hydrogen) atoms. The summed E-state index contributed by atoms with van der Waals surface area (Å²) in [5, 5.41) is 6.87. The predicted octanol–water partition coefficient (Wildman–Crippen LogP) is 3.40. The number of nitrogens with zero attached hydrogens (tertiary/aromatic N) is 6. The van der Waals surface area contributed by atoms with Crippen molar-refractivity contribution in [3.8, 4) is 0 Å². The number of hydrogen-bond acceptors (Lipinski definition) is 8. The van der Waals surface area contributed by atoms with E-state index in [1.165, 1.54) is 11.3 Å². The number of carbonyl (C=O) groups excluding carboxylic acids is 1. The number of nitrogens with two attached hydrogens (primary N) is 1. The number of hydrazone groups is 1. The zero-order valence-corrected chi connectivity index (χ0v) is 19.7. The molecule has 0 aromatic carbocycles. The van der Waals surface area contributed by atoms with Gasteiger partial charge in [-0.15, -0.1) is 11.3 Å². The Kier molecular flexibility index (Phi) is 5.99. The van der Waals surface area contributed by atoms with Crippen molar-refractivity contribution >= 4 is 40.0 Å². The first-order valence-electron chi connectivity index (χ1n) is 11.4. The molecule has 2 saturated heterocycles. The molecule has 3 aliphatic rings. The van der Waals surface area contributed by atoms with Gasteiger partial charge in [0.25, 0.3) is 5.91 Å². The largest absolute Gasteiger partial charge is 0.355 e. The molecule has 0 spiro atoms. The molecule has 1 amide bonds. The Bertz CT molecular complexity index is 1130. The van der Waals surface area contributed by atoms with Gasteiger partial charge in [0.1, 0.15) is 10.7 Å². The van der Waals surface area contributed by atoms with Crippen LogP contribution in [0.5, 0.6) is 0 Å². The highest BCUT2D eigenvalue weighted by molar-refractivity contribution is 7.20. The van der Waals surface area contributed by atoms with E-state index in [0.717, 1.165) is 71.8 Å². The maximum Gasteiger partial charge on any atom is 0.264 e. The molecule has 9 heteroatoms. The Hall–Kier alpha value is -3.04. The van der Waals surface area contributed by atoms with Crippen LogP contribution in [0.3, 0.4) is 0 Å². The minimum atomic E-state index is -0.0543. The zero-order valence-electron chi connectivity index (χ0n) is 18.9. The SMILES string of the molecule is C=NN1C=C(C)C(N2CC[C@H](N)C2)=N/C1=C/C1CCCCN1C(=O)c1cc2cccnc2s1. The number of amidine groups is 1. The van der Waals surface area contributed by atoms with E-state index in [4.69, 9.17) is 10.7 Å². The average Bonchev–Trinajstić information content (AvgIpc) is 3.46. The highest BCUT2D eigenvalue weighted by atomic mass is 32.1. The first-order chi connectivity index (χ1) is 16.0. The highest BCUT2D eigenvalue weighted by Gasteiger charge is 2.30. The summed E-state index contributed by atoms with van der Waals surface area (Å²) in [6.07, 6.45) is 9.71. The van der Waals surface area contributed by atoms with E-state index in [1.54, 1.807) is 11.2 Å². The lowest BCUT2D eigenvalue weighted by Gasteiger charge is -2.35. The molecule has 2 fully saturated rings. The summed E-state index contributed by atoms with van der Waals surface area (Å²) in [6.45, 7) is 8.18. The Morgan fingerprint density at radius 3 is 2.97 bits per heavy atom. The van der Waals surface area contributed by atoms with E-state index in [9.17, 15) is 4.79 Å². The van der Waals surface area contributed by atoms with Crippen LogP contribution in [0.4, 0.5) is 0 Å². The van der Waals surface area contributed by atoms with Gasteiger partial charge < -0.3 is 15.5 Å². The fraction of sp³-hybridized carbons (Fsp3) is 0.417. The first kappa shape index (κ1) is 21.8. The average molecular weight is 464 g/mol. The van der Waals surface area contributed by atoms with Crippen LogP contribution in [-0.2, 0) is 0 Å². The molecule has 5 rings (SSSR count). The van der Waals surface area contributed by atoms with E-state index >= 15 is 0 Å². The zero-order chi connectivity index (χ0) is 22.9. The number of aliphatic imine (C=N–C) groups is 1. The molecule has 0 aliphatic carbocycles. The maximum absolute atomic E-state index is 13.5. The molecule has 2 aromatic rings. The van der Waals surface area contributed by atoms with Gasteiger partial charge in [0, 0.05) is 55.7 Å². The summed E-state index contributed by atoms with van der Waals surface area (Å²) in [4.78, 5) is 28.7. The second-order valence-corrected chi connectivity index (χ2v) is 9.85. The molecule has 1 unspecified atom stereocenters. The lowest BCUT2D eigenvalue weighted by molar-refractivity contribution is 0.0667.